The highest BCUT2D eigenvalue weighted by molar-refractivity contribution is 5.72. The zero-order valence-corrected chi connectivity index (χ0v) is 20.6. The number of benzene rings is 3. The first-order valence-electron chi connectivity index (χ1n) is 11.9. The Morgan fingerprint density at radius 2 is 0.970 bits per heavy atom. The predicted molar refractivity (Wildman–Crippen MR) is 141 cm³/mol. The number of para-hydroxylation sites is 2. The lowest BCUT2D eigenvalue weighted by molar-refractivity contribution is 0.627. The van der Waals surface area contributed by atoms with Gasteiger partial charge >= 0.3 is 0 Å². The van der Waals surface area contributed by atoms with Crippen LogP contribution in [0.5, 0.6) is 0 Å². The summed E-state index contributed by atoms with van der Waals surface area (Å²) >= 11 is 0. The first kappa shape index (κ1) is 21.6. The fourth-order valence-electron chi connectivity index (χ4n) is 5.86. The molecule has 0 saturated heterocycles. The van der Waals surface area contributed by atoms with Crippen molar-refractivity contribution >= 4 is 11.4 Å². The molecule has 0 bridgehead atoms. The smallest absolute Gasteiger partial charge is 0.0447 e. The summed E-state index contributed by atoms with van der Waals surface area (Å²) in [6.45, 7) is 9.38. The minimum atomic E-state index is -0.0447. The quantitative estimate of drug-likeness (QED) is 0.424. The molecule has 0 atom stereocenters. The average molecular weight is 435 g/mol. The molecule has 0 spiro atoms. The Morgan fingerprint density at radius 3 is 1.39 bits per heavy atom. The molecule has 168 valence electrons. The number of nitrogens with zero attached hydrogens (tertiary/aromatic N) is 2. The Kier molecular flexibility index (Phi) is 5.01. The fourth-order valence-corrected chi connectivity index (χ4v) is 5.86. The van der Waals surface area contributed by atoms with Gasteiger partial charge in [0.2, 0.25) is 0 Å². The van der Waals surface area contributed by atoms with E-state index in [-0.39, 0.29) is 16.7 Å². The van der Waals surface area contributed by atoms with Crippen LogP contribution >= 0.6 is 0 Å². The van der Waals surface area contributed by atoms with Crippen molar-refractivity contribution in [3.63, 3.8) is 0 Å². The van der Waals surface area contributed by atoms with Crippen molar-refractivity contribution in [1.82, 2.24) is 0 Å². The van der Waals surface area contributed by atoms with Crippen molar-refractivity contribution in [2.45, 2.75) is 44.4 Å². The topological polar surface area (TPSA) is 6.48 Å². The van der Waals surface area contributed by atoms with Crippen molar-refractivity contribution in [2.75, 3.05) is 23.9 Å². The van der Waals surface area contributed by atoms with Crippen molar-refractivity contribution in [1.29, 1.82) is 0 Å². The zero-order valence-electron chi connectivity index (χ0n) is 20.6. The van der Waals surface area contributed by atoms with Gasteiger partial charge in [0.15, 0.2) is 0 Å². The maximum atomic E-state index is 2.48. The summed E-state index contributed by atoms with van der Waals surface area (Å²) < 4.78 is 0. The first-order valence-corrected chi connectivity index (χ1v) is 11.9. The van der Waals surface area contributed by atoms with Crippen LogP contribution in [0.4, 0.5) is 11.4 Å². The van der Waals surface area contributed by atoms with E-state index in [1.54, 1.807) is 0 Å². The Balaban J connectivity index is 1.66. The third-order valence-electron chi connectivity index (χ3n) is 7.74. The number of fused-ring (bicyclic) bond motifs is 2. The molecular weight excluding hydrogens is 400 g/mol. The van der Waals surface area contributed by atoms with E-state index in [1.165, 1.54) is 39.5 Å². The van der Waals surface area contributed by atoms with E-state index in [1.807, 2.05) is 0 Å². The van der Waals surface area contributed by atoms with Crippen LogP contribution in [0.1, 0.15) is 50.3 Å². The van der Waals surface area contributed by atoms with E-state index in [0.29, 0.717) is 0 Å². The van der Waals surface area contributed by atoms with Crippen LogP contribution in [0.3, 0.4) is 0 Å². The standard InChI is InChI=1S/C31H34N2/c1-30(2)24-16-10-12-18-26(24)32(5)28(30)20-23(22-14-8-7-9-15-22)21-29-31(3,4)25-17-11-13-19-27(25)33(29)6/h7-21,23H,1-6H3/b28-20-,29-21-. The van der Waals surface area contributed by atoms with Gasteiger partial charge in [-0.05, 0) is 28.8 Å². The molecule has 0 unspecified atom stereocenters. The Morgan fingerprint density at radius 1 is 0.576 bits per heavy atom. The molecule has 2 heteroatoms. The lowest BCUT2D eigenvalue weighted by Crippen LogP contribution is -2.25. The van der Waals surface area contributed by atoms with Gasteiger partial charge in [0.25, 0.3) is 0 Å². The van der Waals surface area contributed by atoms with Gasteiger partial charge in [-0.3, -0.25) is 0 Å². The third-order valence-corrected chi connectivity index (χ3v) is 7.74. The maximum Gasteiger partial charge on any atom is 0.0447 e. The third kappa shape index (κ3) is 3.31. The van der Waals surface area contributed by atoms with Crippen LogP contribution in [0, 0.1) is 0 Å². The summed E-state index contributed by atoms with van der Waals surface area (Å²) in [5.41, 5.74) is 9.33. The van der Waals surface area contributed by atoms with Gasteiger partial charge in [-0.25, -0.2) is 0 Å². The summed E-state index contributed by atoms with van der Waals surface area (Å²) in [6.07, 6.45) is 4.96. The molecule has 33 heavy (non-hydrogen) atoms. The highest BCUT2D eigenvalue weighted by atomic mass is 15.2. The molecule has 0 N–H and O–H groups in total. The van der Waals surface area contributed by atoms with Crippen LogP contribution in [0.2, 0.25) is 0 Å². The van der Waals surface area contributed by atoms with Gasteiger partial charge < -0.3 is 9.80 Å². The molecule has 3 aromatic carbocycles. The molecule has 0 fully saturated rings. The van der Waals surface area contributed by atoms with E-state index in [9.17, 15) is 0 Å². The van der Waals surface area contributed by atoms with Gasteiger partial charge in [0, 0.05) is 53.6 Å². The molecule has 0 aromatic heterocycles. The first-order chi connectivity index (χ1) is 15.7. The van der Waals surface area contributed by atoms with Gasteiger partial charge in [-0.15, -0.1) is 0 Å². The van der Waals surface area contributed by atoms with Crippen LogP contribution in [-0.2, 0) is 10.8 Å². The van der Waals surface area contributed by atoms with E-state index < -0.39 is 0 Å². The number of hydrogen-bond donors (Lipinski definition) is 0. The van der Waals surface area contributed by atoms with Crippen LogP contribution in [-0.4, -0.2) is 14.1 Å². The number of rotatable bonds is 3. The molecule has 2 aliphatic rings. The molecule has 0 aliphatic carbocycles. The van der Waals surface area contributed by atoms with E-state index >= 15 is 0 Å². The minimum Gasteiger partial charge on any atom is -0.347 e. The lowest BCUT2D eigenvalue weighted by Gasteiger charge is -2.28. The SMILES string of the molecule is CN1/C(=C\C(/C=C2\N(C)c3ccccc3C2(C)C)c2ccccc2)C(C)(C)c2ccccc21. The van der Waals surface area contributed by atoms with Gasteiger partial charge in [0.05, 0.1) is 0 Å². The summed E-state index contributed by atoms with van der Waals surface area (Å²) in [4.78, 5) is 4.75. The molecule has 2 heterocycles. The molecule has 0 saturated carbocycles. The van der Waals surface area contributed by atoms with Crippen LogP contribution in [0.25, 0.3) is 0 Å². The van der Waals surface area contributed by atoms with E-state index in [4.69, 9.17) is 0 Å². The largest absolute Gasteiger partial charge is 0.347 e. The molecule has 5 rings (SSSR count). The van der Waals surface area contributed by atoms with Crippen LogP contribution < -0.4 is 9.80 Å². The van der Waals surface area contributed by atoms with E-state index in [2.05, 4.69) is 143 Å². The highest BCUT2D eigenvalue weighted by Gasteiger charge is 2.40. The van der Waals surface area contributed by atoms with Crippen molar-refractivity contribution in [2.24, 2.45) is 0 Å². The number of likely N-dealkylation sites (N-methyl/N-ethyl adjacent to an activating group) is 2. The Labute approximate surface area is 198 Å². The minimum absolute atomic E-state index is 0.0447. The fraction of sp³-hybridized carbons (Fsp3) is 0.290. The normalized spacial score (nSPS) is 20.6. The Hall–Kier alpha value is -3.26. The monoisotopic (exact) mass is 434 g/mol. The molecule has 0 radical (unpaired) electrons. The number of anilines is 2. The molecule has 3 aromatic rings. The van der Waals surface area contributed by atoms with Gasteiger partial charge in [0.1, 0.15) is 0 Å². The second-order valence-corrected chi connectivity index (χ2v) is 10.4. The zero-order chi connectivity index (χ0) is 23.4. The maximum absolute atomic E-state index is 2.48. The molecule has 2 aliphatic heterocycles. The highest BCUT2D eigenvalue weighted by Crippen LogP contribution is 2.50. The molecule has 0 amide bonds. The Bertz CT molecular complexity index is 1170. The average Bonchev–Trinajstić information content (AvgIpc) is 3.13. The van der Waals surface area contributed by atoms with Crippen molar-refractivity contribution in [3.8, 4) is 0 Å². The summed E-state index contributed by atoms with van der Waals surface area (Å²) in [5.74, 6) is 0.170. The molecular formula is C31H34N2. The number of hydrogen-bond acceptors (Lipinski definition) is 2. The predicted octanol–water partition coefficient (Wildman–Crippen LogP) is 7.39. The van der Waals surface area contributed by atoms with Crippen LogP contribution in [0.15, 0.2) is 102 Å². The summed E-state index contributed by atoms with van der Waals surface area (Å²) in [6, 6.07) is 28.5. The number of allylic oxidation sites excluding steroid dienone is 4. The van der Waals surface area contributed by atoms with Crippen molar-refractivity contribution < 1.29 is 0 Å². The second kappa shape index (κ2) is 7.66. The summed E-state index contributed by atoms with van der Waals surface area (Å²) in [7, 11) is 4.41. The van der Waals surface area contributed by atoms with Crippen molar-refractivity contribution in [3.05, 3.63) is 119 Å². The lowest BCUT2D eigenvalue weighted by atomic mass is 9.80. The van der Waals surface area contributed by atoms with Gasteiger partial charge in [-0.1, -0.05) is 107 Å². The summed E-state index contributed by atoms with van der Waals surface area (Å²) in [5, 5.41) is 0. The second-order valence-electron chi connectivity index (χ2n) is 10.4. The van der Waals surface area contributed by atoms with E-state index in [0.717, 1.165) is 0 Å². The molecule has 2 nitrogen and oxygen atoms in total. The van der Waals surface area contributed by atoms with Gasteiger partial charge in [-0.2, -0.15) is 0 Å².